The molecule has 3 aromatic heterocycles. The van der Waals surface area contributed by atoms with Gasteiger partial charge < -0.3 is 14.8 Å². The second-order valence-corrected chi connectivity index (χ2v) is 5.89. The van der Waals surface area contributed by atoms with Crippen LogP contribution in [0.15, 0.2) is 29.2 Å². The summed E-state index contributed by atoms with van der Waals surface area (Å²) in [5.41, 5.74) is -2.82. The molecule has 0 spiro atoms. The third-order valence-corrected chi connectivity index (χ3v) is 3.80. The minimum Gasteiger partial charge on any atom is -0.478 e. The number of alkyl halides is 3. The van der Waals surface area contributed by atoms with Gasteiger partial charge >= 0.3 is 12.1 Å². The summed E-state index contributed by atoms with van der Waals surface area (Å²) in [7, 11) is 0. The number of aromatic carboxylic acids is 1. The molecule has 0 aromatic carbocycles. The molecule has 0 bridgehead atoms. The number of hydrogen-bond donors (Lipinski definition) is 2. The molecular formula is C17H13F3N4O4. The molecule has 1 atom stereocenters. The lowest BCUT2D eigenvalue weighted by Gasteiger charge is -2.19. The molecule has 0 saturated carbocycles. The lowest BCUT2D eigenvalue weighted by Crippen LogP contribution is -2.20. The van der Waals surface area contributed by atoms with Crippen LogP contribution in [0.2, 0.25) is 0 Å². The van der Waals surface area contributed by atoms with Gasteiger partial charge in [-0.25, -0.2) is 19.7 Å². The third kappa shape index (κ3) is 3.77. The van der Waals surface area contributed by atoms with Crippen LogP contribution in [0, 0.1) is 6.92 Å². The van der Waals surface area contributed by atoms with Gasteiger partial charge in [-0.2, -0.15) is 13.2 Å². The van der Waals surface area contributed by atoms with Crippen LogP contribution in [0.5, 0.6) is 5.88 Å². The van der Waals surface area contributed by atoms with E-state index in [0.29, 0.717) is 0 Å². The van der Waals surface area contributed by atoms with Gasteiger partial charge in [-0.15, -0.1) is 0 Å². The van der Waals surface area contributed by atoms with E-state index in [-0.39, 0.29) is 28.3 Å². The first-order valence-corrected chi connectivity index (χ1v) is 7.91. The Labute approximate surface area is 155 Å². The summed E-state index contributed by atoms with van der Waals surface area (Å²) in [6.07, 6.45) is -4.97. The van der Waals surface area contributed by atoms with Crippen molar-refractivity contribution in [3.05, 3.63) is 57.4 Å². The average molecular weight is 394 g/mol. The topological polar surface area (TPSA) is 118 Å². The van der Waals surface area contributed by atoms with Gasteiger partial charge in [0.1, 0.15) is 11.9 Å². The van der Waals surface area contributed by atoms with E-state index in [1.54, 1.807) is 0 Å². The lowest BCUT2D eigenvalue weighted by atomic mass is 10.1. The number of nitrogens with zero attached hydrogens (tertiary/aromatic N) is 3. The van der Waals surface area contributed by atoms with Crippen molar-refractivity contribution >= 4 is 17.0 Å². The summed E-state index contributed by atoms with van der Waals surface area (Å²) in [4.78, 5) is 36.8. The molecule has 0 amide bonds. The average Bonchev–Trinajstić information content (AvgIpc) is 2.60. The van der Waals surface area contributed by atoms with Crippen LogP contribution in [-0.2, 0) is 6.18 Å². The number of nitrogens with one attached hydrogen (secondary N) is 1. The summed E-state index contributed by atoms with van der Waals surface area (Å²) in [5.74, 6) is -1.14. The zero-order valence-electron chi connectivity index (χ0n) is 14.5. The molecule has 2 N–H and O–H groups in total. The predicted octanol–water partition coefficient (Wildman–Crippen LogP) is 2.88. The van der Waals surface area contributed by atoms with Gasteiger partial charge in [-0.05, 0) is 26.0 Å². The van der Waals surface area contributed by atoms with E-state index in [0.717, 1.165) is 12.3 Å². The van der Waals surface area contributed by atoms with Gasteiger partial charge in [-0.3, -0.25) is 4.79 Å². The number of carboxylic acids is 1. The highest BCUT2D eigenvalue weighted by Crippen LogP contribution is 2.36. The molecule has 0 saturated heterocycles. The van der Waals surface area contributed by atoms with Crippen LogP contribution in [0.4, 0.5) is 13.2 Å². The Kier molecular flexibility index (Phi) is 4.75. The molecule has 11 heteroatoms. The fourth-order valence-corrected chi connectivity index (χ4v) is 2.55. The first kappa shape index (κ1) is 19.3. The number of H-pyrrole nitrogens is 1. The number of aromatic amines is 1. The van der Waals surface area contributed by atoms with E-state index in [1.165, 1.54) is 26.0 Å². The van der Waals surface area contributed by atoms with E-state index in [1.807, 2.05) is 0 Å². The highest BCUT2D eigenvalue weighted by atomic mass is 19.4. The Morgan fingerprint density at radius 2 is 2.00 bits per heavy atom. The van der Waals surface area contributed by atoms with E-state index < -0.39 is 35.1 Å². The lowest BCUT2D eigenvalue weighted by molar-refractivity contribution is -0.139. The Morgan fingerprint density at radius 1 is 1.29 bits per heavy atom. The number of halogens is 3. The zero-order chi connectivity index (χ0) is 20.6. The SMILES string of the molecule is Cc1nc2cc(C(F)(F)F)c(C(C)Oc3ccc(C(=O)O)cn3)nc2c(=O)[nH]1. The maximum Gasteiger partial charge on any atom is 0.418 e. The predicted molar refractivity (Wildman–Crippen MR) is 90.1 cm³/mol. The molecule has 28 heavy (non-hydrogen) atoms. The second kappa shape index (κ2) is 6.91. The first-order valence-electron chi connectivity index (χ1n) is 7.91. The van der Waals surface area contributed by atoms with E-state index in [2.05, 4.69) is 19.9 Å². The van der Waals surface area contributed by atoms with E-state index in [9.17, 15) is 22.8 Å². The molecule has 8 nitrogen and oxygen atoms in total. The van der Waals surface area contributed by atoms with Crippen LogP contribution in [-0.4, -0.2) is 31.0 Å². The van der Waals surface area contributed by atoms with Gasteiger partial charge in [0, 0.05) is 12.3 Å². The number of pyridine rings is 2. The molecule has 0 aliphatic rings. The van der Waals surface area contributed by atoms with Crippen molar-refractivity contribution in [2.75, 3.05) is 0 Å². The summed E-state index contributed by atoms with van der Waals surface area (Å²) >= 11 is 0. The molecule has 0 radical (unpaired) electrons. The number of fused-ring (bicyclic) bond motifs is 1. The number of carboxylic acid groups (broad SMARTS) is 1. The molecule has 146 valence electrons. The fraction of sp³-hybridized carbons (Fsp3) is 0.235. The minimum absolute atomic E-state index is 0.0940. The molecule has 0 fully saturated rings. The number of carbonyl (C=O) groups is 1. The van der Waals surface area contributed by atoms with Crippen molar-refractivity contribution in [2.45, 2.75) is 26.1 Å². The first-order chi connectivity index (χ1) is 13.1. The monoisotopic (exact) mass is 394 g/mol. The van der Waals surface area contributed by atoms with Crippen molar-refractivity contribution in [1.82, 2.24) is 19.9 Å². The summed E-state index contributed by atoms with van der Waals surface area (Å²) in [6.45, 7) is 2.76. The smallest absolute Gasteiger partial charge is 0.418 e. The van der Waals surface area contributed by atoms with Crippen LogP contribution in [0.3, 0.4) is 0 Å². The summed E-state index contributed by atoms with van der Waals surface area (Å²) in [5, 5.41) is 8.85. The number of ether oxygens (including phenoxy) is 1. The fourth-order valence-electron chi connectivity index (χ4n) is 2.55. The normalized spacial score (nSPS) is 12.8. The Bertz CT molecular complexity index is 1110. The largest absolute Gasteiger partial charge is 0.478 e. The second-order valence-electron chi connectivity index (χ2n) is 5.89. The number of aryl methyl sites for hydroxylation is 1. The molecule has 0 aliphatic heterocycles. The van der Waals surface area contributed by atoms with Crippen LogP contribution >= 0.6 is 0 Å². The van der Waals surface area contributed by atoms with Crippen LogP contribution < -0.4 is 10.3 Å². The molecule has 0 aliphatic carbocycles. The van der Waals surface area contributed by atoms with Crippen molar-refractivity contribution < 1.29 is 27.8 Å². The van der Waals surface area contributed by atoms with E-state index >= 15 is 0 Å². The molecule has 3 rings (SSSR count). The van der Waals surface area contributed by atoms with Crippen molar-refractivity contribution in [3.8, 4) is 5.88 Å². The van der Waals surface area contributed by atoms with Gasteiger partial charge in [0.2, 0.25) is 5.88 Å². The quantitative estimate of drug-likeness (QED) is 0.698. The van der Waals surface area contributed by atoms with Crippen LogP contribution in [0.1, 0.15) is 40.5 Å². The Balaban J connectivity index is 2.06. The maximum atomic E-state index is 13.5. The molecule has 3 aromatic rings. The van der Waals surface area contributed by atoms with E-state index in [4.69, 9.17) is 9.84 Å². The highest BCUT2D eigenvalue weighted by molar-refractivity contribution is 5.87. The van der Waals surface area contributed by atoms with Crippen LogP contribution in [0.25, 0.3) is 11.0 Å². The molecule has 3 heterocycles. The molecule has 1 unspecified atom stereocenters. The number of aromatic nitrogens is 4. The van der Waals surface area contributed by atoms with Crippen molar-refractivity contribution in [2.24, 2.45) is 0 Å². The summed E-state index contributed by atoms with van der Waals surface area (Å²) in [6, 6.07) is 3.17. The molecular weight excluding hydrogens is 381 g/mol. The number of rotatable bonds is 4. The minimum atomic E-state index is -4.76. The third-order valence-electron chi connectivity index (χ3n) is 3.80. The Morgan fingerprint density at radius 3 is 2.57 bits per heavy atom. The zero-order valence-corrected chi connectivity index (χ0v) is 14.5. The van der Waals surface area contributed by atoms with Gasteiger partial charge in [0.15, 0.2) is 5.52 Å². The standard InChI is InChI=1S/C17H13F3N4O4/c1-7(28-12-4-3-9(6-21-12)16(26)27)13-10(17(18,19)20)5-11-14(24-13)15(25)23-8(2)22-11/h3-7H,1-2H3,(H,26,27)(H,22,23,25). The van der Waals surface area contributed by atoms with Crippen molar-refractivity contribution in [1.29, 1.82) is 0 Å². The van der Waals surface area contributed by atoms with Crippen molar-refractivity contribution in [3.63, 3.8) is 0 Å². The van der Waals surface area contributed by atoms with Gasteiger partial charge in [-0.1, -0.05) is 0 Å². The number of hydrogen-bond acceptors (Lipinski definition) is 6. The highest BCUT2D eigenvalue weighted by Gasteiger charge is 2.37. The van der Waals surface area contributed by atoms with Gasteiger partial charge in [0.05, 0.1) is 22.3 Å². The van der Waals surface area contributed by atoms with Gasteiger partial charge in [0.25, 0.3) is 5.56 Å². The maximum absolute atomic E-state index is 13.5. The Hall–Kier alpha value is -3.50. The summed E-state index contributed by atoms with van der Waals surface area (Å²) < 4.78 is 46.0.